The van der Waals surface area contributed by atoms with Gasteiger partial charge < -0.3 is 10.4 Å². The van der Waals surface area contributed by atoms with Crippen molar-refractivity contribution in [1.29, 1.82) is 0 Å². The average molecular weight is 219 g/mol. The molecule has 0 spiro atoms. The maximum atomic E-state index is 12.7. The Labute approximate surface area is 85.7 Å². The van der Waals surface area contributed by atoms with Crippen LogP contribution in [0.2, 0.25) is 0 Å². The summed E-state index contributed by atoms with van der Waals surface area (Å²) in [6.45, 7) is 3.20. The third kappa shape index (κ3) is 2.55. The lowest BCUT2D eigenvalue weighted by molar-refractivity contribution is 0.0650. The summed E-state index contributed by atoms with van der Waals surface area (Å²) in [5.74, 6) is -0.0125. The number of nitrogens with one attached hydrogen (secondary N) is 1. The van der Waals surface area contributed by atoms with Gasteiger partial charge in [0.2, 0.25) is 6.30 Å². The lowest BCUT2D eigenvalue weighted by Crippen LogP contribution is -2.22. The van der Waals surface area contributed by atoms with E-state index in [0.29, 0.717) is 11.1 Å². The number of alkyl halides is 3. The molecule has 0 aliphatic carbocycles. The third-order valence-corrected chi connectivity index (χ3v) is 2.15. The summed E-state index contributed by atoms with van der Waals surface area (Å²) in [7, 11) is 0. The number of hydrogen-bond donors (Lipinski definition) is 2. The molecule has 1 aromatic carbocycles. The van der Waals surface area contributed by atoms with Crippen LogP contribution in [0.15, 0.2) is 12.1 Å². The molecule has 1 rings (SSSR count). The zero-order valence-corrected chi connectivity index (χ0v) is 8.39. The fourth-order valence-electron chi connectivity index (χ4n) is 1.20. The van der Waals surface area contributed by atoms with Crippen LogP contribution in [0.1, 0.15) is 11.1 Å². The second kappa shape index (κ2) is 4.42. The highest BCUT2D eigenvalue weighted by molar-refractivity contribution is 5.59. The summed E-state index contributed by atoms with van der Waals surface area (Å²) in [6, 6.07) is 2.99. The lowest BCUT2D eigenvalue weighted by atomic mass is 10.1. The van der Waals surface area contributed by atoms with Gasteiger partial charge in [-0.1, -0.05) is 6.07 Å². The van der Waals surface area contributed by atoms with Crippen LogP contribution in [0.25, 0.3) is 0 Å². The Bertz CT molecular complexity index is 355. The number of benzene rings is 1. The zero-order chi connectivity index (χ0) is 11.6. The molecule has 15 heavy (non-hydrogen) atoms. The summed E-state index contributed by atoms with van der Waals surface area (Å²) < 4.78 is 36.5. The molecule has 0 heterocycles. The van der Waals surface area contributed by atoms with Crippen molar-refractivity contribution in [2.24, 2.45) is 0 Å². The van der Waals surface area contributed by atoms with Crippen molar-refractivity contribution in [3.05, 3.63) is 23.3 Å². The van der Waals surface area contributed by atoms with E-state index >= 15 is 0 Å². The van der Waals surface area contributed by atoms with E-state index in [1.807, 2.05) is 5.32 Å². The molecule has 1 unspecified atom stereocenters. The maximum absolute atomic E-state index is 12.7. The van der Waals surface area contributed by atoms with E-state index in [-0.39, 0.29) is 11.4 Å². The Balaban J connectivity index is 2.92. The molecule has 0 fully saturated rings. The number of aromatic hydroxyl groups is 1. The largest absolute Gasteiger partial charge is 0.507 e. The Hall–Kier alpha value is -1.39. The van der Waals surface area contributed by atoms with Crippen LogP contribution >= 0.6 is 0 Å². The minimum atomic E-state index is -3.09. The van der Waals surface area contributed by atoms with E-state index < -0.39 is 12.7 Å². The molecule has 0 saturated heterocycles. The Kier molecular flexibility index (Phi) is 3.44. The van der Waals surface area contributed by atoms with Crippen LogP contribution in [0, 0.1) is 13.8 Å². The predicted octanol–water partition coefficient (Wildman–Crippen LogP) is 2.98. The van der Waals surface area contributed by atoms with Crippen LogP contribution in [0.4, 0.5) is 18.9 Å². The molecular formula is C10H12F3NO. The van der Waals surface area contributed by atoms with Crippen molar-refractivity contribution in [2.75, 3.05) is 5.32 Å². The molecule has 0 aromatic heterocycles. The quantitative estimate of drug-likeness (QED) is 0.766. The van der Waals surface area contributed by atoms with Gasteiger partial charge in [0.15, 0.2) is 0 Å². The number of phenols is 1. The Morgan fingerprint density at radius 2 is 1.80 bits per heavy atom. The summed E-state index contributed by atoms with van der Waals surface area (Å²) in [6.07, 6.45) is -5.52. The molecule has 0 aliphatic heterocycles. The van der Waals surface area contributed by atoms with Gasteiger partial charge in [-0.25, -0.2) is 13.2 Å². The van der Waals surface area contributed by atoms with Gasteiger partial charge >= 0.3 is 0 Å². The smallest absolute Gasteiger partial charge is 0.287 e. The lowest BCUT2D eigenvalue weighted by Gasteiger charge is -2.14. The van der Waals surface area contributed by atoms with Crippen LogP contribution in [-0.4, -0.2) is 17.8 Å². The molecule has 2 nitrogen and oxygen atoms in total. The number of aryl methyl sites for hydroxylation is 1. The first-order valence-corrected chi connectivity index (χ1v) is 4.41. The van der Waals surface area contributed by atoms with Crippen molar-refractivity contribution in [2.45, 2.75) is 26.6 Å². The molecule has 0 aliphatic rings. The molecule has 0 saturated carbocycles. The molecule has 0 amide bonds. The molecule has 0 bridgehead atoms. The molecule has 0 radical (unpaired) electrons. The molecule has 1 aromatic rings. The molecule has 2 N–H and O–H groups in total. The first-order valence-electron chi connectivity index (χ1n) is 4.41. The zero-order valence-electron chi connectivity index (χ0n) is 8.39. The predicted molar refractivity (Wildman–Crippen MR) is 52.1 cm³/mol. The van der Waals surface area contributed by atoms with Crippen LogP contribution in [-0.2, 0) is 0 Å². The topological polar surface area (TPSA) is 32.3 Å². The van der Waals surface area contributed by atoms with Crippen molar-refractivity contribution < 1.29 is 18.3 Å². The highest BCUT2D eigenvalue weighted by Gasteiger charge is 2.19. The first kappa shape index (κ1) is 11.7. The van der Waals surface area contributed by atoms with Crippen LogP contribution < -0.4 is 5.32 Å². The average Bonchev–Trinajstić information content (AvgIpc) is 2.18. The summed E-state index contributed by atoms with van der Waals surface area (Å²) >= 11 is 0. The van der Waals surface area contributed by atoms with Crippen LogP contribution in [0.5, 0.6) is 5.75 Å². The summed E-state index contributed by atoms with van der Waals surface area (Å²) in [5, 5.41) is 11.5. The van der Waals surface area contributed by atoms with Crippen molar-refractivity contribution in [3.8, 4) is 5.75 Å². The summed E-state index contributed by atoms with van der Waals surface area (Å²) in [5.41, 5.74) is 1.15. The van der Waals surface area contributed by atoms with Crippen LogP contribution in [0.3, 0.4) is 0 Å². The Morgan fingerprint density at radius 3 is 2.33 bits per heavy atom. The second-order valence-corrected chi connectivity index (χ2v) is 3.28. The highest BCUT2D eigenvalue weighted by atomic mass is 19.3. The highest BCUT2D eigenvalue weighted by Crippen LogP contribution is 2.29. The van der Waals surface area contributed by atoms with Crippen molar-refractivity contribution >= 4 is 5.69 Å². The van der Waals surface area contributed by atoms with E-state index in [1.165, 1.54) is 19.1 Å². The second-order valence-electron chi connectivity index (χ2n) is 3.28. The number of phenolic OH excluding ortho intramolecular Hbond substituents is 1. The number of rotatable bonds is 3. The Morgan fingerprint density at radius 1 is 1.20 bits per heavy atom. The van der Waals surface area contributed by atoms with Gasteiger partial charge in [-0.2, -0.15) is 0 Å². The van der Waals surface area contributed by atoms with Gasteiger partial charge in [-0.15, -0.1) is 0 Å². The molecule has 1 atom stereocenters. The fourth-order valence-corrected chi connectivity index (χ4v) is 1.20. The molecule has 84 valence electrons. The minimum absolute atomic E-state index is 0.0125. The minimum Gasteiger partial charge on any atom is -0.507 e. The fraction of sp³-hybridized carbons (Fsp3) is 0.400. The number of halogens is 3. The first-order chi connectivity index (χ1) is 6.93. The van der Waals surface area contributed by atoms with E-state index in [4.69, 9.17) is 0 Å². The third-order valence-electron chi connectivity index (χ3n) is 2.15. The number of hydrogen-bond acceptors (Lipinski definition) is 2. The maximum Gasteiger partial charge on any atom is 0.287 e. The number of anilines is 1. The van der Waals surface area contributed by atoms with Gasteiger partial charge in [0.25, 0.3) is 6.43 Å². The van der Waals surface area contributed by atoms with Crippen molar-refractivity contribution in [3.63, 3.8) is 0 Å². The normalized spacial score (nSPS) is 12.9. The van der Waals surface area contributed by atoms with Gasteiger partial charge in [0.05, 0.1) is 0 Å². The standard InChI is InChI=1S/C10H12F3NO/c1-5-3-4-7(6(2)8(5)15)14-10(13)9(11)12/h3-4,9-10,14-15H,1-2H3. The monoisotopic (exact) mass is 219 g/mol. The summed E-state index contributed by atoms with van der Waals surface area (Å²) in [4.78, 5) is 0. The van der Waals surface area contributed by atoms with Gasteiger partial charge in [-0.05, 0) is 25.5 Å². The van der Waals surface area contributed by atoms with Gasteiger partial charge in [0.1, 0.15) is 5.75 Å². The molecule has 5 heteroatoms. The van der Waals surface area contributed by atoms with E-state index in [1.54, 1.807) is 6.92 Å². The van der Waals surface area contributed by atoms with Gasteiger partial charge in [-0.3, -0.25) is 0 Å². The van der Waals surface area contributed by atoms with Gasteiger partial charge in [0, 0.05) is 11.3 Å². The van der Waals surface area contributed by atoms with Crippen molar-refractivity contribution in [1.82, 2.24) is 0 Å². The van der Waals surface area contributed by atoms with E-state index in [0.717, 1.165) is 0 Å². The molecular weight excluding hydrogens is 207 g/mol. The SMILES string of the molecule is Cc1ccc(NC(F)C(F)F)c(C)c1O. The van der Waals surface area contributed by atoms with E-state index in [2.05, 4.69) is 0 Å². The van der Waals surface area contributed by atoms with E-state index in [9.17, 15) is 18.3 Å².